The quantitative estimate of drug-likeness (QED) is 0.798. The topological polar surface area (TPSA) is 42.4 Å². The van der Waals surface area contributed by atoms with Gasteiger partial charge >= 0.3 is 5.97 Å². The second kappa shape index (κ2) is 7.01. The number of likely N-dealkylation sites (tertiary alicyclic amines) is 1. The van der Waals surface area contributed by atoms with Crippen LogP contribution in [0.5, 0.6) is 0 Å². The summed E-state index contributed by atoms with van der Waals surface area (Å²) in [6.07, 6.45) is 5.64. The number of rotatable bonds is 4. The molecule has 0 spiro atoms. The van der Waals surface area contributed by atoms with Crippen molar-refractivity contribution in [2.45, 2.75) is 26.3 Å². The lowest BCUT2D eigenvalue weighted by Crippen LogP contribution is -2.38. The molecule has 19 heavy (non-hydrogen) atoms. The van der Waals surface area contributed by atoms with Crippen LogP contribution < -0.4 is 0 Å². The Morgan fingerprint density at radius 3 is 3.16 bits per heavy atom. The SMILES string of the molecule is CCOC(=O)C1CCCN(Cc2cncc(Br)c2)C1. The van der Waals surface area contributed by atoms with Gasteiger partial charge in [-0.3, -0.25) is 14.7 Å². The van der Waals surface area contributed by atoms with Gasteiger partial charge in [-0.15, -0.1) is 0 Å². The fraction of sp³-hybridized carbons (Fsp3) is 0.571. The molecule has 4 nitrogen and oxygen atoms in total. The number of carbonyl (C=O) groups is 1. The fourth-order valence-corrected chi connectivity index (χ4v) is 2.86. The van der Waals surface area contributed by atoms with Gasteiger partial charge in [-0.1, -0.05) is 0 Å². The Morgan fingerprint density at radius 2 is 2.42 bits per heavy atom. The van der Waals surface area contributed by atoms with Crippen molar-refractivity contribution >= 4 is 21.9 Å². The van der Waals surface area contributed by atoms with Crippen LogP contribution in [-0.2, 0) is 16.1 Å². The molecule has 0 bridgehead atoms. The molecule has 1 aliphatic rings. The highest BCUT2D eigenvalue weighted by atomic mass is 79.9. The maximum atomic E-state index is 11.8. The van der Waals surface area contributed by atoms with Crippen molar-refractivity contribution in [1.29, 1.82) is 0 Å². The Balaban J connectivity index is 1.92. The second-order valence-electron chi connectivity index (χ2n) is 4.84. The van der Waals surface area contributed by atoms with Gasteiger partial charge < -0.3 is 4.74 Å². The molecule has 0 aliphatic carbocycles. The molecule has 1 aromatic heterocycles. The van der Waals surface area contributed by atoms with Crippen LogP contribution in [0.15, 0.2) is 22.9 Å². The highest BCUT2D eigenvalue weighted by Gasteiger charge is 2.26. The van der Waals surface area contributed by atoms with E-state index in [1.807, 2.05) is 13.1 Å². The standard InChI is InChI=1S/C14H19BrN2O2/c1-2-19-14(18)12-4-3-5-17(10-12)9-11-6-13(15)8-16-7-11/h6-8,12H,2-5,9-10H2,1H3. The van der Waals surface area contributed by atoms with Gasteiger partial charge in [0.05, 0.1) is 12.5 Å². The molecule has 1 unspecified atom stereocenters. The number of ether oxygens (including phenoxy) is 1. The molecule has 0 amide bonds. The molecule has 104 valence electrons. The highest BCUT2D eigenvalue weighted by molar-refractivity contribution is 9.10. The van der Waals surface area contributed by atoms with Crippen molar-refractivity contribution in [2.75, 3.05) is 19.7 Å². The van der Waals surface area contributed by atoms with Crippen LogP contribution in [0.2, 0.25) is 0 Å². The normalized spacial score (nSPS) is 20.2. The van der Waals surface area contributed by atoms with Crippen LogP contribution in [0.3, 0.4) is 0 Å². The van der Waals surface area contributed by atoms with E-state index in [1.54, 1.807) is 6.20 Å². The molecule has 0 saturated carbocycles. The van der Waals surface area contributed by atoms with Crippen LogP contribution in [0.25, 0.3) is 0 Å². The van der Waals surface area contributed by atoms with E-state index < -0.39 is 0 Å². The second-order valence-corrected chi connectivity index (χ2v) is 5.75. The summed E-state index contributed by atoms with van der Waals surface area (Å²) in [5.41, 5.74) is 1.17. The average molecular weight is 327 g/mol. The number of halogens is 1. The zero-order valence-electron chi connectivity index (χ0n) is 11.1. The number of hydrogen-bond donors (Lipinski definition) is 0. The Hall–Kier alpha value is -0.940. The molecule has 1 aliphatic heterocycles. The molecule has 1 fully saturated rings. The third-order valence-corrected chi connectivity index (χ3v) is 3.73. The minimum atomic E-state index is -0.0560. The molecule has 2 rings (SSSR count). The summed E-state index contributed by atoms with van der Waals surface area (Å²) in [6.45, 7) is 4.96. The van der Waals surface area contributed by atoms with Gasteiger partial charge in [0, 0.05) is 30.0 Å². The smallest absolute Gasteiger partial charge is 0.310 e. The summed E-state index contributed by atoms with van der Waals surface area (Å²) < 4.78 is 6.10. The van der Waals surface area contributed by atoms with E-state index in [0.29, 0.717) is 6.61 Å². The highest BCUT2D eigenvalue weighted by Crippen LogP contribution is 2.20. The Labute approximate surface area is 122 Å². The Bertz CT molecular complexity index is 439. The minimum Gasteiger partial charge on any atom is -0.466 e. The van der Waals surface area contributed by atoms with E-state index >= 15 is 0 Å². The predicted octanol–water partition coefficient (Wildman–Crippen LogP) is 2.62. The van der Waals surface area contributed by atoms with Crippen LogP contribution in [0.4, 0.5) is 0 Å². The van der Waals surface area contributed by atoms with Gasteiger partial charge in [0.2, 0.25) is 0 Å². The van der Waals surface area contributed by atoms with E-state index in [4.69, 9.17) is 4.74 Å². The van der Waals surface area contributed by atoms with Crippen LogP contribution in [0.1, 0.15) is 25.3 Å². The first-order chi connectivity index (χ1) is 9.19. The van der Waals surface area contributed by atoms with E-state index in [0.717, 1.165) is 36.9 Å². The maximum absolute atomic E-state index is 11.8. The summed E-state index contributed by atoms with van der Waals surface area (Å²) in [7, 11) is 0. The number of carbonyl (C=O) groups excluding carboxylic acids is 1. The zero-order valence-corrected chi connectivity index (χ0v) is 12.7. The molecule has 0 aromatic carbocycles. The third-order valence-electron chi connectivity index (χ3n) is 3.29. The Morgan fingerprint density at radius 1 is 1.58 bits per heavy atom. The van der Waals surface area contributed by atoms with Gasteiger partial charge in [0.1, 0.15) is 0 Å². The molecular weight excluding hydrogens is 308 g/mol. The summed E-state index contributed by atoms with van der Waals surface area (Å²) in [4.78, 5) is 18.2. The number of nitrogens with zero attached hydrogens (tertiary/aromatic N) is 2. The Kier molecular flexibility index (Phi) is 5.34. The van der Waals surface area contributed by atoms with E-state index in [9.17, 15) is 4.79 Å². The van der Waals surface area contributed by atoms with Crippen molar-refractivity contribution in [3.63, 3.8) is 0 Å². The molecule has 0 N–H and O–H groups in total. The average Bonchev–Trinajstić information content (AvgIpc) is 2.39. The molecule has 1 aromatic rings. The van der Waals surface area contributed by atoms with Gasteiger partial charge in [0.25, 0.3) is 0 Å². The number of esters is 1. The lowest BCUT2D eigenvalue weighted by atomic mass is 9.98. The summed E-state index contributed by atoms with van der Waals surface area (Å²) >= 11 is 3.43. The predicted molar refractivity (Wildman–Crippen MR) is 76.6 cm³/mol. The maximum Gasteiger partial charge on any atom is 0.310 e. The van der Waals surface area contributed by atoms with E-state index in [-0.39, 0.29) is 11.9 Å². The zero-order chi connectivity index (χ0) is 13.7. The number of piperidine rings is 1. The van der Waals surface area contributed by atoms with E-state index in [1.165, 1.54) is 5.56 Å². The van der Waals surface area contributed by atoms with Gasteiger partial charge in [-0.2, -0.15) is 0 Å². The van der Waals surface area contributed by atoms with Crippen LogP contribution >= 0.6 is 15.9 Å². The fourth-order valence-electron chi connectivity index (χ4n) is 2.45. The third kappa shape index (κ3) is 4.28. The monoisotopic (exact) mass is 326 g/mol. The van der Waals surface area contributed by atoms with Crippen molar-refractivity contribution in [3.8, 4) is 0 Å². The first kappa shape index (κ1) is 14.5. The van der Waals surface area contributed by atoms with Crippen molar-refractivity contribution < 1.29 is 9.53 Å². The van der Waals surface area contributed by atoms with E-state index in [2.05, 4.69) is 31.9 Å². The number of aromatic nitrogens is 1. The largest absolute Gasteiger partial charge is 0.466 e. The van der Waals surface area contributed by atoms with Crippen molar-refractivity contribution in [2.24, 2.45) is 5.92 Å². The van der Waals surface area contributed by atoms with Gasteiger partial charge in [-0.05, 0) is 53.9 Å². The lowest BCUT2D eigenvalue weighted by Gasteiger charge is -2.31. The van der Waals surface area contributed by atoms with Crippen LogP contribution in [0, 0.1) is 5.92 Å². The molecule has 1 saturated heterocycles. The van der Waals surface area contributed by atoms with Crippen LogP contribution in [-0.4, -0.2) is 35.5 Å². The summed E-state index contributed by atoms with van der Waals surface area (Å²) in [5.74, 6) is -0.0339. The van der Waals surface area contributed by atoms with Gasteiger partial charge in [-0.25, -0.2) is 0 Å². The molecule has 0 radical (unpaired) electrons. The molecular formula is C14H19BrN2O2. The first-order valence-corrected chi connectivity index (χ1v) is 7.46. The minimum absolute atomic E-state index is 0.0220. The van der Waals surface area contributed by atoms with Crippen molar-refractivity contribution in [1.82, 2.24) is 9.88 Å². The summed E-state index contributed by atoms with van der Waals surface area (Å²) in [5, 5.41) is 0. The molecule has 1 atom stereocenters. The molecule has 5 heteroatoms. The molecule has 2 heterocycles. The number of pyridine rings is 1. The summed E-state index contributed by atoms with van der Waals surface area (Å²) in [6, 6.07) is 2.07. The van der Waals surface area contributed by atoms with Crippen molar-refractivity contribution in [3.05, 3.63) is 28.5 Å². The lowest BCUT2D eigenvalue weighted by molar-refractivity contribution is -0.150. The van der Waals surface area contributed by atoms with Gasteiger partial charge in [0.15, 0.2) is 0 Å². The first-order valence-electron chi connectivity index (χ1n) is 6.67. The number of hydrogen-bond acceptors (Lipinski definition) is 4.